The van der Waals surface area contributed by atoms with E-state index in [4.69, 9.17) is 4.74 Å². The Morgan fingerprint density at radius 3 is 2.43 bits per heavy atom. The Labute approximate surface area is 130 Å². The third kappa shape index (κ3) is 2.50. The highest BCUT2D eigenvalue weighted by Gasteiger charge is 2.53. The Kier molecular flexibility index (Phi) is 3.48. The van der Waals surface area contributed by atoms with Crippen LogP contribution in [0.25, 0.3) is 0 Å². The lowest BCUT2D eigenvalue weighted by Crippen LogP contribution is -2.40. The topological polar surface area (TPSA) is 58.6 Å². The van der Waals surface area contributed by atoms with Gasteiger partial charge in [-0.15, -0.1) is 5.01 Å². The molecule has 1 aliphatic rings. The van der Waals surface area contributed by atoms with Crippen molar-refractivity contribution in [3.05, 3.63) is 65.7 Å². The fourth-order valence-electron chi connectivity index (χ4n) is 2.34. The Morgan fingerprint density at radius 2 is 1.78 bits per heavy atom. The van der Waals surface area contributed by atoms with Crippen molar-refractivity contribution in [1.82, 2.24) is 5.01 Å². The molecule has 1 N–H and O–H groups in total. The lowest BCUT2D eigenvalue weighted by atomic mass is 9.95. The first kappa shape index (κ1) is 15.0. The average Bonchev–Trinajstić information content (AvgIpc) is 2.72. The van der Waals surface area contributed by atoms with E-state index in [1.807, 2.05) is 0 Å². The Balaban J connectivity index is 1.93. The summed E-state index contributed by atoms with van der Waals surface area (Å²) >= 11 is 0. The summed E-state index contributed by atoms with van der Waals surface area (Å²) in [5, 5.41) is 0.665. The number of nitrogens with zero attached hydrogens (tertiary/aromatic N) is 1. The molecule has 1 fully saturated rings. The van der Waals surface area contributed by atoms with E-state index < -0.39 is 29.2 Å². The van der Waals surface area contributed by atoms with Crippen LogP contribution in [-0.2, 0) is 15.1 Å². The maximum Gasteiger partial charge on any atom is 0.437 e. The van der Waals surface area contributed by atoms with Gasteiger partial charge in [0, 0.05) is 11.6 Å². The van der Waals surface area contributed by atoms with E-state index in [0.717, 1.165) is 12.1 Å². The van der Waals surface area contributed by atoms with E-state index in [-0.39, 0.29) is 5.56 Å². The van der Waals surface area contributed by atoms with Crippen LogP contribution in [0.4, 0.5) is 19.3 Å². The molecule has 1 heterocycles. The third-order valence-corrected chi connectivity index (χ3v) is 3.54. The van der Waals surface area contributed by atoms with Gasteiger partial charge in [-0.25, -0.2) is 13.6 Å². The lowest BCUT2D eigenvalue weighted by molar-refractivity contribution is -0.135. The summed E-state index contributed by atoms with van der Waals surface area (Å²) in [5.74, 6) is -2.54. The van der Waals surface area contributed by atoms with Crippen LogP contribution >= 0.6 is 0 Å². The molecule has 1 unspecified atom stereocenters. The fraction of sp³-hybridized carbons (Fsp3) is 0.125. The molecule has 7 heteroatoms. The summed E-state index contributed by atoms with van der Waals surface area (Å²) in [5.41, 5.74) is 1.02. The van der Waals surface area contributed by atoms with Gasteiger partial charge in [0.05, 0.1) is 5.69 Å². The second kappa shape index (κ2) is 5.35. The van der Waals surface area contributed by atoms with Crippen molar-refractivity contribution < 1.29 is 23.1 Å². The SMILES string of the molecule is CC1(c2ccc(F)cc2F)OC(=O)N(Nc2ccccc2)C1=O. The molecule has 2 aromatic rings. The Morgan fingerprint density at radius 1 is 1.09 bits per heavy atom. The number of benzene rings is 2. The summed E-state index contributed by atoms with van der Waals surface area (Å²) in [4.78, 5) is 24.5. The minimum atomic E-state index is -1.86. The Hall–Kier alpha value is -2.96. The molecular weight excluding hydrogens is 306 g/mol. The molecule has 0 aromatic heterocycles. The van der Waals surface area contributed by atoms with Crippen LogP contribution in [0.15, 0.2) is 48.5 Å². The molecule has 3 rings (SSSR count). The minimum Gasteiger partial charge on any atom is -0.426 e. The van der Waals surface area contributed by atoms with Crippen LogP contribution in [0.1, 0.15) is 12.5 Å². The predicted molar refractivity (Wildman–Crippen MR) is 77.1 cm³/mol. The maximum absolute atomic E-state index is 14.0. The first-order chi connectivity index (χ1) is 10.9. The second-order valence-electron chi connectivity index (χ2n) is 5.14. The first-order valence-electron chi connectivity index (χ1n) is 6.76. The van der Waals surface area contributed by atoms with Gasteiger partial charge < -0.3 is 4.74 Å². The summed E-state index contributed by atoms with van der Waals surface area (Å²) in [6.07, 6.45) is -0.968. The van der Waals surface area contributed by atoms with Crippen molar-refractivity contribution in [2.45, 2.75) is 12.5 Å². The number of anilines is 1. The van der Waals surface area contributed by atoms with Gasteiger partial charge in [-0.1, -0.05) is 18.2 Å². The standard InChI is InChI=1S/C16H12F2N2O3/c1-16(12-8-7-10(17)9-13(12)18)14(21)20(15(22)23-16)19-11-5-3-2-4-6-11/h2-9,19H,1H3. The molecule has 0 bridgehead atoms. The summed E-state index contributed by atoms with van der Waals surface area (Å²) in [6.45, 7) is 1.26. The van der Waals surface area contributed by atoms with E-state index in [9.17, 15) is 18.4 Å². The van der Waals surface area contributed by atoms with E-state index in [1.54, 1.807) is 30.3 Å². The lowest BCUT2D eigenvalue weighted by Gasteiger charge is -2.21. The average molecular weight is 318 g/mol. The molecule has 0 saturated carbocycles. The second-order valence-corrected chi connectivity index (χ2v) is 5.14. The highest BCUT2D eigenvalue weighted by molar-refractivity contribution is 6.04. The van der Waals surface area contributed by atoms with Crippen molar-refractivity contribution in [3.63, 3.8) is 0 Å². The number of cyclic esters (lactones) is 1. The number of imide groups is 1. The van der Waals surface area contributed by atoms with Crippen LogP contribution in [0, 0.1) is 11.6 Å². The molecule has 5 nitrogen and oxygen atoms in total. The normalized spacial score (nSPS) is 20.6. The summed E-state index contributed by atoms with van der Waals surface area (Å²) in [7, 11) is 0. The number of hydrogen-bond donors (Lipinski definition) is 1. The molecule has 2 aromatic carbocycles. The van der Waals surface area contributed by atoms with Gasteiger partial charge in [0.1, 0.15) is 11.6 Å². The number of rotatable bonds is 3. The van der Waals surface area contributed by atoms with Gasteiger partial charge in [-0.3, -0.25) is 10.2 Å². The molecule has 0 spiro atoms. The highest BCUT2D eigenvalue weighted by atomic mass is 19.1. The maximum atomic E-state index is 14.0. The van der Waals surface area contributed by atoms with Gasteiger partial charge in [0.15, 0.2) is 0 Å². The molecule has 0 radical (unpaired) electrons. The number of halogens is 2. The van der Waals surface area contributed by atoms with Crippen molar-refractivity contribution in [2.24, 2.45) is 0 Å². The minimum absolute atomic E-state index is 0.213. The molecular formula is C16H12F2N2O3. The third-order valence-electron chi connectivity index (χ3n) is 3.54. The van der Waals surface area contributed by atoms with Crippen LogP contribution in [0.2, 0.25) is 0 Å². The van der Waals surface area contributed by atoms with Crippen molar-refractivity contribution in [3.8, 4) is 0 Å². The largest absolute Gasteiger partial charge is 0.437 e. The number of nitrogens with one attached hydrogen (secondary N) is 1. The monoisotopic (exact) mass is 318 g/mol. The van der Waals surface area contributed by atoms with E-state index in [2.05, 4.69) is 5.43 Å². The van der Waals surface area contributed by atoms with Gasteiger partial charge in [-0.05, 0) is 31.2 Å². The van der Waals surface area contributed by atoms with Crippen LogP contribution in [-0.4, -0.2) is 17.0 Å². The van der Waals surface area contributed by atoms with Gasteiger partial charge >= 0.3 is 6.09 Å². The van der Waals surface area contributed by atoms with E-state index >= 15 is 0 Å². The molecule has 2 amide bonds. The van der Waals surface area contributed by atoms with Gasteiger partial charge in [0.25, 0.3) is 5.91 Å². The fourth-order valence-corrected chi connectivity index (χ4v) is 2.34. The van der Waals surface area contributed by atoms with Gasteiger partial charge in [0.2, 0.25) is 5.60 Å². The summed E-state index contributed by atoms with van der Waals surface area (Å²) < 4.78 is 32.1. The number of hydrogen-bond acceptors (Lipinski definition) is 4. The van der Waals surface area contributed by atoms with Crippen molar-refractivity contribution >= 4 is 17.7 Å². The zero-order chi connectivity index (χ0) is 16.6. The van der Waals surface area contributed by atoms with Crippen molar-refractivity contribution in [2.75, 3.05) is 5.43 Å². The molecule has 1 aliphatic heterocycles. The number of para-hydroxylation sites is 1. The number of amides is 2. The van der Waals surface area contributed by atoms with Crippen LogP contribution in [0.3, 0.4) is 0 Å². The van der Waals surface area contributed by atoms with E-state index in [1.165, 1.54) is 6.92 Å². The Bertz CT molecular complexity index is 782. The quantitative estimate of drug-likeness (QED) is 0.944. The first-order valence-corrected chi connectivity index (χ1v) is 6.76. The number of ether oxygens (including phenoxy) is 1. The van der Waals surface area contributed by atoms with Gasteiger partial charge in [-0.2, -0.15) is 0 Å². The van der Waals surface area contributed by atoms with Crippen LogP contribution < -0.4 is 5.43 Å². The van der Waals surface area contributed by atoms with Crippen LogP contribution in [0.5, 0.6) is 0 Å². The zero-order valence-corrected chi connectivity index (χ0v) is 12.0. The highest BCUT2D eigenvalue weighted by Crippen LogP contribution is 2.36. The zero-order valence-electron chi connectivity index (χ0n) is 12.0. The molecule has 118 valence electrons. The smallest absolute Gasteiger partial charge is 0.426 e. The molecule has 1 saturated heterocycles. The number of hydrazine groups is 1. The number of carbonyl (C=O) groups is 2. The van der Waals surface area contributed by atoms with Crippen molar-refractivity contribution in [1.29, 1.82) is 0 Å². The molecule has 1 atom stereocenters. The predicted octanol–water partition coefficient (Wildman–Crippen LogP) is 3.19. The summed E-state index contributed by atoms with van der Waals surface area (Å²) in [6, 6.07) is 11.2. The molecule has 23 heavy (non-hydrogen) atoms. The molecule has 0 aliphatic carbocycles. The number of carbonyl (C=O) groups excluding carboxylic acids is 2. The van der Waals surface area contributed by atoms with E-state index in [0.29, 0.717) is 16.8 Å².